The van der Waals surface area contributed by atoms with Gasteiger partial charge in [0.15, 0.2) is 0 Å². The number of hydrogen-bond acceptors (Lipinski definition) is 3. The van der Waals surface area contributed by atoms with E-state index in [1.54, 1.807) is 0 Å². The number of rotatable bonds is 6. The molecule has 0 aromatic rings. The first-order valence-corrected chi connectivity index (χ1v) is 7.79. The van der Waals surface area contributed by atoms with Crippen LogP contribution in [0.25, 0.3) is 0 Å². The van der Waals surface area contributed by atoms with Crippen molar-refractivity contribution in [3.8, 4) is 0 Å². The van der Waals surface area contributed by atoms with Gasteiger partial charge in [-0.2, -0.15) is 0 Å². The summed E-state index contributed by atoms with van der Waals surface area (Å²) in [5.74, 6) is 0. The summed E-state index contributed by atoms with van der Waals surface area (Å²) in [6, 6.07) is 0.592. The summed E-state index contributed by atoms with van der Waals surface area (Å²) >= 11 is 0. The molecule has 0 amide bonds. The molecule has 1 saturated heterocycles. The molecule has 19 heavy (non-hydrogen) atoms. The van der Waals surface area contributed by atoms with Gasteiger partial charge in [0.2, 0.25) is 0 Å². The molecule has 0 aliphatic carbocycles. The highest BCUT2D eigenvalue weighted by Crippen LogP contribution is 2.33. The molecule has 1 N–H and O–H groups in total. The minimum absolute atomic E-state index is 0.333. The lowest BCUT2D eigenvalue weighted by Crippen LogP contribution is -2.50. The summed E-state index contributed by atoms with van der Waals surface area (Å²) < 4.78 is 5.57. The molecular weight excluding hydrogens is 236 g/mol. The highest BCUT2D eigenvalue weighted by Gasteiger charge is 2.35. The van der Waals surface area contributed by atoms with Crippen molar-refractivity contribution in [2.24, 2.45) is 10.8 Å². The molecule has 0 bridgehead atoms. The van der Waals surface area contributed by atoms with Crippen molar-refractivity contribution in [2.75, 3.05) is 39.9 Å². The lowest BCUT2D eigenvalue weighted by Gasteiger charge is -2.44. The predicted molar refractivity (Wildman–Crippen MR) is 82.6 cm³/mol. The van der Waals surface area contributed by atoms with Crippen molar-refractivity contribution in [1.82, 2.24) is 10.2 Å². The second-order valence-corrected chi connectivity index (χ2v) is 7.35. The van der Waals surface area contributed by atoms with Gasteiger partial charge in [-0.3, -0.25) is 0 Å². The van der Waals surface area contributed by atoms with Crippen LogP contribution in [-0.2, 0) is 4.74 Å². The quantitative estimate of drug-likeness (QED) is 0.803. The molecule has 3 heteroatoms. The fourth-order valence-electron chi connectivity index (χ4n) is 2.91. The summed E-state index contributed by atoms with van der Waals surface area (Å²) in [5.41, 5.74) is 0.724. The molecular formula is C16H34N2O. The molecule has 1 atom stereocenters. The second-order valence-electron chi connectivity index (χ2n) is 7.35. The van der Waals surface area contributed by atoms with Crippen LogP contribution in [0.4, 0.5) is 0 Å². The van der Waals surface area contributed by atoms with Crippen molar-refractivity contribution in [3.05, 3.63) is 0 Å². The molecule has 1 rings (SSSR count). The van der Waals surface area contributed by atoms with Gasteiger partial charge in [0.1, 0.15) is 0 Å². The molecule has 1 heterocycles. The van der Waals surface area contributed by atoms with Crippen LogP contribution in [0.5, 0.6) is 0 Å². The Morgan fingerprint density at radius 1 is 1.26 bits per heavy atom. The van der Waals surface area contributed by atoms with E-state index in [1.807, 2.05) is 0 Å². The van der Waals surface area contributed by atoms with Crippen LogP contribution in [0.3, 0.4) is 0 Å². The third-order valence-corrected chi connectivity index (χ3v) is 4.80. The summed E-state index contributed by atoms with van der Waals surface area (Å²) in [4.78, 5) is 2.54. The first-order valence-electron chi connectivity index (χ1n) is 7.79. The van der Waals surface area contributed by atoms with Crippen LogP contribution in [0, 0.1) is 10.8 Å². The van der Waals surface area contributed by atoms with Crippen LogP contribution in [0.15, 0.2) is 0 Å². The van der Waals surface area contributed by atoms with E-state index in [1.165, 1.54) is 19.4 Å². The van der Waals surface area contributed by atoms with E-state index in [0.717, 1.165) is 26.3 Å². The normalized spacial score (nSPS) is 21.6. The number of nitrogens with one attached hydrogen (secondary N) is 1. The fourth-order valence-corrected chi connectivity index (χ4v) is 2.91. The smallest absolute Gasteiger partial charge is 0.0472 e. The average molecular weight is 270 g/mol. The second kappa shape index (κ2) is 7.05. The van der Waals surface area contributed by atoms with Crippen LogP contribution in [0.1, 0.15) is 47.5 Å². The van der Waals surface area contributed by atoms with Crippen LogP contribution >= 0.6 is 0 Å². The summed E-state index contributed by atoms with van der Waals surface area (Å²) in [5, 5.41) is 3.56. The minimum Gasteiger partial charge on any atom is -0.381 e. The molecule has 0 spiro atoms. The van der Waals surface area contributed by atoms with Gasteiger partial charge >= 0.3 is 0 Å². The lowest BCUT2D eigenvalue weighted by atomic mass is 9.78. The summed E-state index contributed by atoms with van der Waals surface area (Å²) in [6.45, 7) is 16.7. The Morgan fingerprint density at radius 3 is 2.32 bits per heavy atom. The third-order valence-electron chi connectivity index (χ3n) is 4.80. The van der Waals surface area contributed by atoms with Gasteiger partial charge in [0, 0.05) is 32.3 Å². The Morgan fingerprint density at radius 2 is 1.84 bits per heavy atom. The molecule has 0 aromatic carbocycles. The summed E-state index contributed by atoms with van der Waals surface area (Å²) in [7, 11) is 2.28. The Kier molecular flexibility index (Phi) is 6.28. The highest BCUT2D eigenvalue weighted by molar-refractivity contribution is 4.89. The minimum atomic E-state index is 0.333. The van der Waals surface area contributed by atoms with E-state index in [2.05, 4.69) is 51.9 Å². The standard InChI is InChI=1S/C16H34N2O/c1-7-17-12-16(8-10-19-11-9-16)13-18(6)14(2)15(3,4)5/h14,17H,7-13H2,1-6H3. The van der Waals surface area contributed by atoms with Crippen LogP contribution in [-0.4, -0.2) is 50.8 Å². The Balaban J connectivity index is 2.66. The van der Waals surface area contributed by atoms with Crippen molar-refractivity contribution in [1.29, 1.82) is 0 Å². The molecule has 0 aromatic heterocycles. The third kappa shape index (κ3) is 5.05. The molecule has 1 unspecified atom stereocenters. The monoisotopic (exact) mass is 270 g/mol. The maximum Gasteiger partial charge on any atom is 0.0472 e. The Hall–Kier alpha value is -0.120. The largest absolute Gasteiger partial charge is 0.381 e. The Labute approximate surface area is 120 Å². The fraction of sp³-hybridized carbons (Fsp3) is 1.00. The average Bonchev–Trinajstić information content (AvgIpc) is 2.35. The molecule has 114 valence electrons. The number of ether oxygens (including phenoxy) is 1. The summed E-state index contributed by atoms with van der Waals surface area (Å²) in [6.07, 6.45) is 2.36. The molecule has 0 radical (unpaired) electrons. The Bertz CT molecular complexity index is 254. The van der Waals surface area contributed by atoms with E-state index in [9.17, 15) is 0 Å². The maximum absolute atomic E-state index is 5.57. The van der Waals surface area contributed by atoms with E-state index >= 15 is 0 Å². The highest BCUT2D eigenvalue weighted by atomic mass is 16.5. The van der Waals surface area contributed by atoms with Crippen LogP contribution < -0.4 is 5.32 Å². The number of nitrogens with zero attached hydrogens (tertiary/aromatic N) is 1. The first kappa shape index (κ1) is 16.9. The lowest BCUT2D eigenvalue weighted by molar-refractivity contribution is -0.0137. The van der Waals surface area contributed by atoms with E-state index in [-0.39, 0.29) is 0 Å². The SMILES string of the molecule is CCNCC1(CN(C)C(C)C(C)(C)C)CCOCC1. The van der Waals surface area contributed by atoms with Gasteiger partial charge in [-0.25, -0.2) is 0 Å². The predicted octanol–water partition coefficient (Wildman–Crippen LogP) is 2.76. The van der Waals surface area contributed by atoms with Gasteiger partial charge in [-0.15, -0.1) is 0 Å². The van der Waals surface area contributed by atoms with Crippen molar-refractivity contribution in [2.45, 2.75) is 53.5 Å². The molecule has 1 aliphatic heterocycles. The maximum atomic E-state index is 5.57. The van der Waals surface area contributed by atoms with E-state index in [0.29, 0.717) is 16.9 Å². The first-order chi connectivity index (χ1) is 8.81. The molecule has 0 saturated carbocycles. The zero-order valence-electron chi connectivity index (χ0n) is 13.9. The van der Waals surface area contributed by atoms with Crippen molar-refractivity contribution in [3.63, 3.8) is 0 Å². The zero-order chi connectivity index (χ0) is 14.5. The van der Waals surface area contributed by atoms with Gasteiger partial charge < -0.3 is 15.0 Å². The van der Waals surface area contributed by atoms with E-state index in [4.69, 9.17) is 4.74 Å². The van der Waals surface area contributed by atoms with Gasteiger partial charge in [-0.05, 0) is 44.2 Å². The van der Waals surface area contributed by atoms with Crippen LogP contribution in [0.2, 0.25) is 0 Å². The molecule has 3 nitrogen and oxygen atoms in total. The molecule has 1 aliphatic rings. The van der Waals surface area contributed by atoms with Crippen molar-refractivity contribution < 1.29 is 4.74 Å². The van der Waals surface area contributed by atoms with Gasteiger partial charge in [-0.1, -0.05) is 27.7 Å². The van der Waals surface area contributed by atoms with Gasteiger partial charge in [0.25, 0.3) is 0 Å². The zero-order valence-corrected chi connectivity index (χ0v) is 13.9. The van der Waals surface area contributed by atoms with Gasteiger partial charge in [0.05, 0.1) is 0 Å². The number of hydrogen-bond donors (Lipinski definition) is 1. The van der Waals surface area contributed by atoms with E-state index < -0.39 is 0 Å². The molecule has 1 fully saturated rings. The van der Waals surface area contributed by atoms with Crippen molar-refractivity contribution >= 4 is 0 Å². The topological polar surface area (TPSA) is 24.5 Å².